The third-order valence-corrected chi connectivity index (χ3v) is 5.44. The SMILES string of the molecule is COCCCN1C(=O)c2ccc(C(=O)OCC(=O)c3c(C)[nH]c4ccccc34)cc2C1=O. The molecule has 0 fully saturated rings. The number of benzene rings is 2. The molecule has 1 aromatic heterocycles. The van der Waals surface area contributed by atoms with E-state index in [0.29, 0.717) is 24.3 Å². The maximum absolute atomic E-state index is 12.7. The van der Waals surface area contributed by atoms with E-state index in [1.807, 2.05) is 24.3 Å². The molecule has 2 aromatic carbocycles. The van der Waals surface area contributed by atoms with Crippen LogP contribution in [0.2, 0.25) is 0 Å². The standard InChI is InChI=1S/C24H22N2O6/c1-14-21(17-6-3-4-7-19(17)25-14)20(27)13-32-24(30)15-8-9-16-18(12-15)23(29)26(22(16)28)10-5-11-31-2/h3-4,6-9,12,25H,5,10-11,13H2,1-2H3. The van der Waals surface area contributed by atoms with Gasteiger partial charge in [0.1, 0.15) is 0 Å². The first-order valence-corrected chi connectivity index (χ1v) is 10.2. The summed E-state index contributed by atoms with van der Waals surface area (Å²) in [5.74, 6) is -1.92. The summed E-state index contributed by atoms with van der Waals surface area (Å²) >= 11 is 0. The molecule has 0 atom stereocenters. The molecule has 0 bridgehead atoms. The number of aromatic nitrogens is 1. The second kappa shape index (κ2) is 8.76. The van der Waals surface area contributed by atoms with E-state index in [2.05, 4.69) is 4.98 Å². The molecule has 0 unspecified atom stereocenters. The third-order valence-electron chi connectivity index (χ3n) is 5.44. The van der Waals surface area contributed by atoms with Crippen molar-refractivity contribution >= 4 is 34.5 Å². The topological polar surface area (TPSA) is 106 Å². The van der Waals surface area contributed by atoms with Crippen LogP contribution < -0.4 is 0 Å². The first-order valence-electron chi connectivity index (χ1n) is 10.2. The fraction of sp³-hybridized carbons (Fsp3) is 0.250. The molecule has 32 heavy (non-hydrogen) atoms. The lowest BCUT2D eigenvalue weighted by Gasteiger charge is -2.12. The van der Waals surface area contributed by atoms with E-state index >= 15 is 0 Å². The van der Waals surface area contributed by atoms with Gasteiger partial charge in [-0.15, -0.1) is 0 Å². The predicted molar refractivity (Wildman–Crippen MR) is 116 cm³/mol. The number of para-hydroxylation sites is 1. The Bertz CT molecular complexity index is 1240. The average Bonchev–Trinajstić information content (AvgIpc) is 3.25. The number of carbonyl (C=O) groups is 4. The minimum absolute atomic E-state index is 0.104. The van der Waals surface area contributed by atoms with Crippen LogP contribution in [-0.2, 0) is 9.47 Å². The Labute approximate surface area is 184 Å². The molecule has 2 amide bonds. The first-order chi connectivity index (χ1) is 15.4. The molecule has 3 aromatic rings. The molecular formula is C24H22N2O6. The van der Waals surface area contributed by atoms with Crippen LogP contribution in [0.25, 0.3) is 10.9 Å². The van der Waals surface area contributed by atoms with Gasteiger partial charge >= 0.3 is 5.97 Å². The number of esters is 1. The summed E-state index contributed by atoms with van der Waals surface area (Å²) in [5, 5.41) is 0.765. The van der Waals surface area contributed by atoms with E-state index < -0.39 is 24.4 Å². The number of nitrogens with one attached hydrogen (secondary N) is 1. The highest BCUT2D eigenvalue weighted by Gasteiger charge is 2.35. The van der Waals surface area contributed by atoms with Crippen molar-refractivity contribution in [3.05, 3.63) is 70.4 Å². The van der Waals surface area contributed by atoms with Crippen LogP contribution in [-0.4, -0.2) is 60.3 Å². The van der Waals surface area contributed by atoms with Gasteiger partial charge in [-0.2, -0.15) is 0 Å². The van der Waals surface area contributed by atoms with Crippen molar-refractivity contribution in [1.29, 1.82) is 0 Å². The Morgan fingerprint density at radius 1 is 1.03 bits per heavy atom. The van der Waals surface area contributed by atoms with Crippen LogP contribution in [0.3, 0.4) is 0 Å². The highest BCUT2D eigenvalue weighted by molar-refractivity contribution is 6.22. The van der Waals surface area contributed by atoms with E-state index in [1.165, 1.54) is 18.2 Å². The number of amides is 2. The van der Waals surface area contributed by atoms with Crippen molar-refractivity contribution in [1.82, 2.24) is 9.88 Å². The zero-order valence-electron chi connectivity index (χ0n) is 17.8. The van der Waals surface area contributed by atoms with Gasteiger partial charge < -0.3 is 14.5 Å². The Morgan fingerprint density at radius 2 is 1.78 bits per heavy atom. The third kappa shape index (κ3) is 3.80. The van der Waals surface area contributed by atoms with Gasteiger partial charge in [0.15, 0.2) is 6.61 Å². The van der Waals surface area contributed by atoms with Crippen molar-refractivity contribution < 1.29 is 28.7 Å². The molecule has 1 aliphatic heterocycles. The zero-order chi connectivity index (χ0) is 22.8. The molecule has 164 valence electrons. The molecule has 8 nitrogen and oxygen atoms in total. The van der Waals surface area contributed by atoms with Gasteiger partial charge in [-0.25, -0.2) is 4.79 Å². The van der Waals surface area contributed by atoms with Gasteiger partial charge in [-0.1, -0.05) is 18.2 Å². The van der Waals surface area contributed by atoms with Crippen molar-refractivity contribution in [3.63, 3.8) is 0 Å². The van der Waals surface area contributed by atoms with E-state index in [-0.39, 0.29) is 29.0 Å². The number of aryl methyl sites for hydroxylation is 1. The molecule has 2 heterocycles. The molecule has 8 heteroatoms. The molecule has 4 rings (SSSR count). The van der Waals surface area contributed by atoms with Crippen LogP contribution >= 0.6 is 0 Å². The van der Waals surface area contributed by atoms with Crippen molar-refractivity contribution in [3.8, 4) is 0 Å². The predicted octanol–water partition coefficient (Wildman–Crippen LogP) is 3.15. The van der Waals surface area contributed by atoms with Crippen LogP contribution in [0.4, 0.5) is 0 Å². The summed E-state index contributed by atoms with van der Waals surface area (Å²) in [6.45, 7) is 2.01. The quantitative estimate of drug-likeness (QED) is 0.253. The largest absolute Gasteiger partial charge is 0.454 e. The van der Waals surface area contributed by atoms with Gasteiger partial charge in [-0.05, 0) is 37.6 Å². The molecule has 0 saturated carbocycles. The lowest BCUT2D eigenvalue weighted by molar-refractivity contribution is 0.0475. The maximum atomic E-state index is 12.7. The van der Waals surface area contributed by atoms with Crippen LogP contribution in [0.1, 0.15) is 53.5 Å². The van der Waals surface area contributed by atoms with Crippen molar-refractivity contribution in [2.45, 2.75) is 13.3 Å². The van der Waals surface area contributed by atoms with Crippen LogP contribution in [0.15, 0.2) is 42.5 Å². The minimum atomic E-state index is -0.739. The smallest absolute Gasteiger partial charge is 0.338 e. The second-order valence-corrected chi connectivity index (χ2v) is 7.54. The lowest BCUT2D eigenvalue weighted by Crippen LogP contribution is -2.31. The Kier molecular flexibility index (Phi) is 5.87. The molecule has 0 aliphatic carbocycles. The summed E-state index contributed by atoms with van der Waals surface area (Å²) in [5.41, 5.74) is 2.51. The fourth-order valence-corrected chi connectivity index (χ4v) is 3.91. The molecular weight excluding hydrogens is 412 g/mol. The number of nitrogens with zero attached hydrogens (tertiary/aromatic N) is 1. The average molecular weight is 434 g/mol. The zero-order valence-corrected chi connectivity index (χ0v) is 17.8. The van der Waals surface area contributed by atoms with Crippen LogP contribution in [0, 0.1) is 6.92 Å². The highest BCUT2D eigenvalue weighted by Crippen LogP contribution is 2.25. The van der Waals surface area contributed by atoms with Crippen molar-refractivity contribution in [2.24, 2.45) is 0 Å². The van der Waals surface area contributed by atoms with Gasteiger partial charge in [0.2, 0.25) is 5.78 Å². The number of H-pyrrole nitrogens is 1. The molecule has 1 N–H and O–H groups in total. The highest BCUT2D eigenvalue weighted by atomic mass is 16.5. The van der Waals surface area contributed by atoms with Crippen LogP contribution in [0.5, 0.6) is 0 Å². The number of Topliss-reactive ketones (excluding diaryl/α,β-unsaturated/α-hetero) is 1. The second-order valence-electron chi connectivity index (χ2n) is 7.54. The summed E-state index contributed by atoms with van der Waals surface area (Å²) in [7, 11) is 1.55. The van der Waals surface area contributed by atoms with Gasteiger partial charge in [-0.3, -0.25) is 19.3 Å². The summed E-state index contributed by atoms with van der Waals surface area (Å²) in [4.78, 5) is 54.6. The monoisotopic (exact) mass is 434 g/mol. The minimum Gasteiger partial charge on any atom is -0.454 e. The number of imide groups is 1. The molecule has 0 saturated heterocycles. The lowest BCUT2D eigenvalue weighted by atomic mass is 10.1. The number of methoxy groups -OCH3 is 1. The van der Waals surface area contributed by atoms with E-state index in [1.54, 1.807) is 14.0 Å². The number of rotatable bonds is 8. The van der Waals surface area contributed by atoms with E-state index in [9.17, 15) is 19.2 Å². The number of aromatic amines is 1. The summed E-state index contributed by atoms with van der Waals surface area (Å²) < 4.78 is 10.2. The van der Waals surface area contributed by atoms with Gasteiger partial charge in [0, 0.05) is 42.4 Å². The van der Waals surface area contributed by atoms with E-state index in [4.69, 9.17) is 9.47 Å². The number of hydrogen-bond acceptors (Lipinski definition) is 6. The summed E-state index contributed by atoms with van der Waals surface area (Å²) in [6.07, 6.45) is 0.520. The molecule has 0 spiro atoms. The summed E-state index contributed by atoms with van der Waals surface area (Å²) in [6, 6.07) is 11.6. The number of carbonyl (C=O) groups excluding carboxylic acids is 4. The van der Waals surface area contributed by atoms with Crippen molar-refractivity contribution in [2.75, 3.05) is 26.9 Å². The molecule has 0 radical (unpaired) electrons. The number of ketones is 1. The maximum Gasteiger partial charge on any atom is 0.338 e. The fourth-order valence-electron chi connectivity index (χ4n) is 3.91. The number of hydrogen-bond donors (Lipinski definition) is 1. The Morgan fingerprint density at radius 3 is 2.56 bits per heavy atom. The number of fused-ring (bicyclic) bond motifs is 2. The Balaban J connectivity index is 1.46. The normalized spacial score (nSPS) is 13.0. The molecule has 1 aliphatic rings. The van der Waals surface area contributed by atoms with Gasteiger partial charge in [0.25, 0.3) is 11.8 Å². The Hall–Kier alpha value is -3.78. The number of ether oxygens (including phenoxy) is 2. The van der Waals surface area contributed by atoms with Gasteiger partial charge in [0.05, 0.1) is 16.7 Å². The van der Waals surface area contributed by atoms with E-state index in [0.717, 1.165) is 15.8 Å². The first kappa shape index (κ1) is 21.5.